The summed E-state index contributed by atoms with van der Waals surface area (Å²) < 4.78 is 17.2. The molecule has 2 rings (SSSR count). The van der Waals surface area contributed by atoms with Gasteiger partial charge >= 0.3 is 0 Å². The van der Waals surface area contributed by atoms with E-state index in [1.165, 1.54) is 0 Å². The highest BCUT2D eigenvalue weighted by Gasteiger charge is 2.12. The van der Waals surface area contributed by atoms with Crippen molar-refractivity contribution in [2.45, 2.75) is 4.90 Å². The standard InChI is InChI=1S/C13H19N3O2S.HI/c14-13(16-7-9-18-10-8-16)15-6-11-19(17)12-4-2-1-3-5-12;/h1-5H,6-11H2,(H2,14,15);1H. The average molecular weight is 409 g/mol. The largest absolute Gasteiger partial charge is 0.378 e. The Hall–Kier alpha value is -0.670. The maximum absolute atomic E-state index is 12.0. The number of rotatable bonds is 4. The lowest BCUT2D eigenvalue weighted by molar-refractivity contribution is 0.0674. The monoisotopic (exact) mass is 409 g/mol. The van der Waals surface area contributed by atoms with Crippen molar-refractivity contribution in [3.63, 3.8) is 0 Å². The number of halogens is 1. The number of morpholine rings is 1. The van der Waals surface area contributed by atoms with Crippen molar-refractivity contribution >= 4 is 40.7 Å². The Balaban J connectivity index is 0.00000200. The minimum Gasteiger partial charge on any atom is -0.378 e. The smallest absolute Gasteiger partial charge is 0.191 e. The van der Waals surface area contributed by atoms with E-state index in [1.54, 1.807) is 0 Å². The van der Waals surface area contributed by atoms with Crippen LogP contribution in [0.2, 0.25) is 0 Å². The molecule has 112 valence electrons. The van der Waals surface area contributed by atoms with Gasteiger partial charge in [-0.1, -0.05) is 18.2 Å². The number of nitrogens with two attached hydrogens (primary N) is 1. The summed E-state index contributed by atoms with van der Waals surface area (Å²) in [5.74, 6) is 1.02. The van der Waals surface area contributed by atoms with Crippen LogP contribution < -0.4 is 5.73 Å². The number of nitrogens with zero attached hydrogens (tertiary/aromatic N) is 2. The highest BCUT2D eigenvalue weighted by atomic mass is 127. The normalized spacial score (nSPS) is 17.4. The van der Waals surface area contributed by atoms with Crippen LogP contribution in [0.25, 0.3) is 0 Å². The van der Waals surface area contributed by atoms with Crippen LogP contribution in [0.4, 0.5) is 0 Å². The van der Waals surface area contributed by atoms with Crippen molar-refractivity contribution in [1.82, 2.24) is 4.90 Å². The van der Waals surface area contributed by atoms with E-state index in [0.717, 1.165) is 18.0 Å². The molecule has 1 saturated heterocycles. The van der Waals surface area contributed by atoms with Gasteiger partial charge in [-0.2, -0.15) is 0 Å². The SMILES string of the molecule is I.NC(=NCCS(=O)c1ccccc1)N1CCOCC1. The minimum atomic E-state index is -1.01. The molecule has 0 aromatic heterocycles. The summed E-state index contributed by atoms with van der Waals surface area (Å²) in [6.45, 7) is 3.40. The number of hydrogen-bond acceptors (Lipinski definition) is 3. The molecule has 1 aliphatic rings. The molecule has 1 aromatic rings. The van der Waals surface area contributed by atoms with Crippen LogP contribution in [0.5, 0.6) is 0 Å². The topological polar surface area (TPSA) is 67.9 Å². The first kappa shape index (κ1) is 17.4. The summed E-state index contributed by atoms with van der Waals surface area (Å²) in [6.07, 6.45) is 0. The second kappa shape index (κ2) is 9.30. The predicted octanol–water partition coefficient (Wildman–Crippen LogP) is 1.06. The van der Waals surface area contributed by atoms with Gasteiger partial charge in [0, 0.05) is 23.7 Å². The summed E-state index contributed by atoms with van der Waals surface area (Å²) in [5, 5.41) is 0. The Morgan fingerprint density at radius 3 is 2.60 bits per heavy atom. The Kier molecular flexibility index (Phi) is 8.08. The molecule has 5 nitrogen and oxygen atoms in total. The van der Waals surface area contributed by atoms with Crippen LogP contribution >= 0.6 is 24.0 Å². The first-order valence-electron chi connectivity index (χ1n) is 6.33. The Labute approximate surface area is 139 Å². The summed E-state index contributed by atoms with van der Waals surface area (Å²) in [7, 11) is -1.01. The molecule has 0 amide bonds. The first-order valence-corrected chi connectivity index (χ1v) is 7.65. The molecule has 1 atom stereocenters. The summed E-state index contributed by atoms with van der Waals surface area (Å²) in [5.41, 5.74) is 5.89. The number of aliphatic imine (C=N–C) groups is 1. The second-order valence-electron chi connectivity index (χ2n) is 4.20. The molecule has 1 aromatic carbocycles. The van der Waals surface area contributed by atoms with Crippen LogP contribution in [-0.2, 0) is 15.5 Å². The molecule has 1 aliphatic heterocycles. The van der Waals surface area contributed by atoms with E-state index >= 15 is 0 Å². The molecule has 0 saturated carbocycles. The number of ether oxygens (including phenoxy) is 1. The van der Waals surface area contributed by atoms with Gasteiger partial charge in [0.25, 0.3) is 0 Å². The van der Waals surface area contributed by atoms with Gasteiger partial charge in [0.2, 0.25) is 0 Å². The molecule has 7 heteroatoms. The van der Waals surface area contributed by atoms with E-state index in [-0.39, 0.29) is 24.0 Å². The molecule has 1 fully saturated rings. The molecule has 0 bridgehead atoms. The van der Waals surface area contributed by atoms with Crippen molar-refractivity contribution in [2.24, 2.45) is 10.7 Å². The van der Waals surface area contributed by atoms with E-state index in [1.807, 2.05) is 35.2 Å². The Morgan fingerprint density at radius 2 is 1.95 bits per heavy atom. The van der Waals surface area contributed by atoms with Crippen molar-refractivity contribution in [3.05, 3.63) is 30.3 Å². The number of benzene rings is 1. The Morgan fingerprint density at radius 1 is 1.30 bits per heavy atom. The van der Waals surface area contributed by atoms with Crippen molar-refractivity contribution in [2.75, 3.05) is 38.6 Å². The molecule has 1 unspecified atom stereocenters. The quantitative estimate of drug-likeness (QED) is 0.459. The Bertz CT molecular complexity index is 450. The van der Waals surface area contributed by atoms with E-state index in [9.17, 15) is 4.21 Å². The van der Waals surface area contributed by atoms with Gasteiger partial charge in [-0.25, -0.2) is 0 Å². The maximum atomic E-state index is 12.0. The number of hydrogen-bond donors (Lipinski definition) is 1. The third-order valence-corrected chi connectivity index (χ3v) is 4.24. The third kappa shape index (κ3) is 5.37. The summed E-state index contributed by atoms with van der Waals surface area (Å²) >= 11 is 0. The highest BCUT2D eigenvalue weighted by Crippen LogP contribution is 2.05. The van der Waals surface area contributed by atoms with Gasteiger partial charge in [0.1, 0.15) is 0 Å². The third-order valence-electron chi connectivity index (χ3n) is 2.89. The van der Waals surface area contributed by atoms with Gasteiger partial charge in [-0.05, 0) is 12.1 Å². The van der Waals surface area contributed by atoms with Gasteiger partial charge in [-0.15, -0.1) is 24.0 Å². The van der Waals surface area contributed by atoms with E-state index < -0.39 is 10.8 Å². The molecule has 2 N–H and O–H groups in total. The van der Waals surface area contributed by atoms with Crippen LogP contribution in [0.1, 0.15) is 0 Å². The van der Waals surface area contributed by atoms with Crippen LogP contribution in [-0.4, -0.2) is 53.7 Å². The van der Waals surface area contributed by atoms with Gasteiger partial charge in [0.05, 0.1) is 30.6 Å². The summed E-state index contributed by atoms with van der Waals surface area (Å²) in [6, 6.07) is 9.42. The van der Waals surface area contributed by atoms with E-state index in [4.69, 9.17) is 10.5 Å². The second-order valence-corrected chi connectivity index (χ2v) is 5.77. The summed E-state index contributed by atoms with van der Waals surface area (Å²) in [4.78, 5) is 7.12. The molecule has 20 heavy (non-hydrogen) atoms. The molecule has 0 radical (unpaired) electrons. The zero-order chi connectivity index (χ0) is 13.5. The van der Waals surface area contributed by atoms with Crippen molar-refractivity contribution in [3.8, 4) is 0 Å². The lowest BCUT2D eigenvalue weighted by Gasteiger charge is -2.27. The van der Waals surface area contributed by atoms with Crippen LogP contribution in [0.15, 0.2) is 40.2 Å². The van der Waals surface area contributed by atoms with Gasteiger partial charge in [0.15, 0.2) is 5.96 Å². The lowest BCUT2D eigenvalue weighted by Crippen LogP contribution is -2.45. The van der Waals surface area contributed by atoms with Crippen molar-refractivity contribution in [1.29, 1.82) is 0 Å². The lowest BCUT2D eigenvalue weighted by atomic mass is 10.4. The predicted molar refractivity (Wildman–Crippen MR) is 92.0 cm³/mol. The van der Waals surface area contributed by atoms with Gasteiger partial charge in [-0.3, -0.25) is 9.20 Å². The van der Waals surface area contributed by atoms with Crippen LogP contribution in [0.3, 0.4) is 0 Å². The fourth-order valence-corrected chi connectivity index (χ4v) is 2.78. The molecule has 0 aliphatic carbocycles. The van der Waals surface area contributed by atoms with Crippen molar-refractivity contribution < 1.29 is 8.95 Å². The minimum absolute atomic E-state index is 0. The molecular weight excluding hydrogens is 389 g/mol. The molecule has 1 heterocycles. The van der Waals surface area contributed by atoms with Gasteiger partial charge < -0.3 is 15.4 Å². The zero-order valence-corrected chi connectivity index (χ0v) is 14.4. The molecule has 0 spiro atoms. The van der Waals surface area contributed by atoms with Crippen LogP contribution in [0, 0.1) is 0 Å². The maximum Gasteiger partial charge on any atom is 0.191 e. The fraction of sp³-hybridized carbons (Fsp3) is 0.462. The van der Waals surface area contributed by atoms with E-state index in [2.05, 4.69) is 4.99 Å². The van der Waals surface area contributed by atoms with E-state index in [0.29, 0.717) is 31.5 Å². The zero-order valence-electron chi connectivity index (χ0n) is 11.2. The molecular formula is C13H20IN3O2S. The number of guanidine groups is 1. The highest BCUT2D eigenvalue weighted by molar-refractivity contribution is 14.0. The average Bonchev–Trinajstić information content (AvgIpc) is 2.49. The fourth-order valence-electron chi connectivity index (χ4n) is 1.83. The first-order chi connectivity index (χ1) is 9.27.